The molecular formula is C13H12N2O. The van der Waals surface area contributed by atoms with Crippen molar-refractivity contribution in [3.63, 3.8) is 0 Å². The van der Waals surface area contributed by atoms with E-state index >= 15 is 0 Å². The number of hydrogen-bond donors (Lipinski definition) is 1. The first-order valence-electron chi connectivity index (χ1n) is 4.96. The molecule has 0 radical (unpaired) electrons. The van der Waals surface area contributed by atoms with E-state index in [2.05, 4.69) is 16.5 Å². The predicted octanol–water partition coefficient (Wildman–Crippen LogP) is 1.90. The van der Waals surface area contributed by atoms with Gasteiger partial charge >= 0.3 is 0 Å². The van der Waals surface area contributed by atoms with Gasteiger partial charge in [-0.25, -0.2) is 0 Å². The van der Waals surface area contributed by atoms with Crippen LogP contribution in [0.25, 0.3) is 0 Å². The van der Waals surface area contributed by atoms with Gasteiger partial charge in [0.05, 0.1) is 11.4 Å². The predicted molar refractivity (Wildman–Crippen MR) is 61.7 cm³/mol. The Kier molecular flexibility index (Phi) is 2.79. The maximum absolute atomic E-state index is 10.5. The zero-order chi connectivity index (χ0) is 11.4. The minimum Gasteiger partial charge on any atom is -0.373 e. The average Bonchev–Trinajstić information content (AvgIpc) is 2.40. The van der Waals surface area contributed by atoms with Crippen molar-refractivity contribution in [1.82, 2.24) is 9.97 Å². The van der Waals surface area contributed by atoms with Crippen LogP contribution in [0.5, 0.6) is 0 Å². The summed E-state index contributed by atoms with van der Waals surface area (Å²) >= 11 is 0. The second kappa shape index (κ2) is 4.24. The van der Waals surface area contributed by atoms with E-state index in [0.29, 0.717) is 11.4 Å². The van der Waals surface area contributed by atoms with Crippen molar-refractivity contribution in [2.45, 2.75) is 5.60 Å². The summed E-state index contributed by atoms with van der Waals surface area (Å²) in [5, 5.41) is 10.5. The van der Waals surface area contributed by atoms with Crippen LogP contribution in [0.2, 0.25) is 0 Å². The normalized spacial score (nSPS) is 11.1. The lowest BCUT2D eigenvalue weighted by molar-refractivity contribution is 0.125. The van der Waals surface area contributed by atoms with Crippen LogP contribution in [0.15, 0.2) is 61.4 Å². The molecule has 0 aliphatic carbocycles. The quantitative estimate of drug-likeness (QED) is 0.790. The summed E-state index contributed by atoms with van der Waals surface area (Å²) in [5.74, 6) is 0. The zero-order valence-corrected chi connectivity index (χ0v) is 8.74. The third kappa shape index (κ3) is 1.73. The topological polar surface area (TPSA) is 46.0 Å². The van der Waals surface area contributed by atoms with Gasteiger partial charge in [-0.2, -0.15) is 0 Å². The molecule has 0 unspecified atom stereocenters. The van der Waals surface area contributed by atoms with Crippen LogP contribution < -0.4 is 0 Å². The summed E-state index contributed by atoms with van der Waals surface area (Å²) in [6.07, 6.45) is 4.71. The van der Waals surface area contributed by atoms with Gasteiger partial charge in [0.25, 0.3) is 0 Å². The molecule has 0 fully saturated rings. The fourth-order valence-electron chi connectivity index (χ4n) is 1.52. The maximum Gasteiger partial charge on any atom is 0.166 e. The molecule has 0 atom stereocenters. The lowest BCUT2D eigenvalue weighted by Crippen LogP contribution is -2.26. The molecule has 16 heavy (non-hydrogen) atoms. The molecule has 0 aromatic carbocycles. The highest BCUT2D eigenvalue weighted by atomic mass is 16.3. The molecule has 0 saturated heterocycles. The minimum atomic E-state index is -1.33. The minimum absolute atomic E-state index is 0.517. The van der Waals surface area contributed by atoms with Crippen molar-refractivity contribution in [2.24, 2.45) is 0 Å². The van der Waals surface area contributed by atoms with Gasteiger partial charge in [-0.05, 0) is 30.3 Å². The molecule has 80 valence electrons. The Bertz CT molecular complexity index is 428. The van der Waals surface area contributed by atoms with Crippen molar-refractivity contribution >= 4 is 0 Å². The zero-order valence-electron chi connectivity index (χ0n) is 8.74. The molecule has 2 aromatic heterocycles. The van der Waals surface area contributed by atoms with Gasteiger partial charge in [-0.15, -0.1) is 0 Å². The second-order valence-corrected chi connectivity index (χ2v) is 3.40. The van der Waals surface area contributed by atoms with Gasteiger partial charge in [0, 0.05) is 12.4 Å². The molecule has 0 aliphatic rings. The molecule has 2 aromatic rings. The number of aromatic nitrogens is 2. The van der Waals surface area contributed by atoms with Crippen LogP contribution in [0.4, 0.5) is 0 Å². The van der Waals surface area contributed by atoms with Crippen molar-refractivity contribution in [1.29, 1.82) is 0 Å². The van der Waals surface area contributed by atoms with Crippen molar-refractivity contribution in [3.8, 4) is 0 Å². The molecule has 0 aliphatic heterocycles. The first kappa shape index (κ1) is 10.5. The Labute approximate surface area is 94.1 Å². The molecule has 3 nitrogen and oxygen atoms in total. The number of hydrogen-bond acceptors (Lipinski definition) is 3. The maximum atomic E-state index is 10.5. The van der Waals surface area contributed by atoms with Crippen molar-refractivity contribution < 1.29 is 5.11 Å². The Morgan fingerprint density at radius 3 is 1.81 bits per heavy atom. The highest BCUT2D eigenvalue weighted by molar-refractivity contribution is 5.32. The first-order chi connectivity index (χ1) is 7.77. The number of aliphatic hydroxyl groups is 1. The summed E-state index contributed by atoms with van der Waals surface area (Å²) in [4.78, 5) is 8.27. The van der Waals surface area contributed by atoms with Gasteiger partial charge in [0.1, 0.15) is 0 Å². The summed E-state index contributed by atoms with van der Waals surface area (Å²) in [5.41, 5.74) is -0.296. The van der Waals surface area contributed by atoms with Gasteiger partial charge < -0.3 is 5.11 Å². The molecule has 1 N–H and O–H groups in total. The van der Waals surface area contributed by atoms with E-state index in [-0.39, 0.29) is 0 Å². The largest absolute Gasteiger partial charge is 0.373 e. The summed E-state index contributed by atoms with van der Waals surface area (Å²) in [6, 6.07) is 10.7. The first-order valence-corrected chi connectivity index (χ1v) is 4.96. The van der Waals surface area contributed by atoms with Crippen LogP contribution >= 0.6 is 0 Å². The molecule has 0 saturated carbocycles. The van der Waals surface area contributed by atoms with E-state index in [1.165, 1.54) is 6.08 Å². The van der Waals surface area contributed by atoms with E-state index < -0.39 is 5.60 Å². The van der Waals surface area contributed by atoms with Gasteiger partial charge in [0.15, 0.2) is 5.60 Å². The third-order valence-corrected chi connectivity index (χ3v) is 2.41. The van der Waals surface area contributed by atoms with Crippen LogP contribution in [0.3, 0.4) is 0 Å². The van der Waals surface area contributed by atoms with Gasteiger partial charge in [-0.1, -0.05) is 18.7 Å². The van der Waals surface area contributed by atoms with Crippen LogP contribution in [-0.2, 0) is 5.60 Å². The van der Waals surface area contributed by atoms with E-state index in [4.69, 9.17) is 0 Å². The van der Waals surface area contributed by atoms with Gasteiger partial charge in [-0.3, -0.25) is 9.97 Å². The molecule has 2 rings (SSSR count). The van der Waals surface area contributed by atoms with Crippen LogP contribution in [-0.4, -0.2) is 15.1 Å². The van der Waals surface area contributed by atoms with E-state index in [0.717, 1.165) is 0 Å². The monoisotopic (exact) mass is 212 g/mol. The summed E-state index contributed by atoms with van der Waals surface area (Å²) in [7, 11) is 0. The Hall–Kier alpha value is -2.00. The van der Waals surface area contributed by atoms with Gasteiger partial charge in [0.2, 0.25) is 0 Å². The molecule has 0 spiro atoms. The molecule has 3 heteroatoms. The van der Waals surface area contributed by atoms with Crippen molar-refractivity contribution in [2.75, 3.05) is 0 Å². The third-order valence-electron chi connectivity index (χ3n) is 2.41. The fourth-order valence-corrected chi connectivity index (χ4v) is 1.52. The Morgan fingerprint density at radius 1 is 1.00 bits per heavy atom. The van der Waals surface area contributed by atoms with E-state index in [1.54, 1.807) is 36.7 Å². The smallest absolute Gasteiger partial charge is 0.166 e. The second-order valence-electron chi connectivity index (χ2n) is 3.40. The Morgan fingerprint density at radius 2 is 1.50 bits per heavy atom. The summed E-state index contributed by atoms with van der Waals surface area (Å²) in [6.45, 7) is 3.66. The Balaban J connectivity index is 2.53. The lowest BCUT2D eigenvalue weighted by atomic mass is 9.94. The van der Waals surface area contributed by atoms with E-state index in [1.807, 2.05) is 12.1 Å². The number of rotatable bonds is 3. The van der Waals surface area contributed by atoms with Crippen LogP contribution in [0, 0.1) is 0 Å². The van der Waals surface area contributed by atoms with E-state index in [9.17, 15) is 5.11 Å². The summed E-state index contributed by atoms with van der Waals surface area (Å²) < 4.78 is 0. The number of nitrogens with zero attached hydrogens (tertiary/aromatic N) is 2. The fraction of sp³-hybridized carbons (Fsp3) is 0.0769. The molecule has 2 heterocycles. The number of pyridine rings is 2. The highest BCUT2D eigenvalue weighted by Crippen LogP contribution is 2.27. The highest BCUT2D eigenvalue weighted by Gasteiger charge is 2.30. The molecule has 0 amide bonds. The molecular weight excluding hydrogens is 200 g/mol. The molecule has 0 bridgehead atoms. The average molecular weight is 212 g/mol. The standard InChI is InChI=1S/C13H12N2O/c1-2-13(16,11-7-3-5-9-14-11)12-8-4-6-10-15-12/h2-10,16H,1H2. The lowest BCUT2D eigenvalue weighted by Gasteiger charge is -2.22. The SMILES string of the molecule is C=CC(O)(c1ccccn1)c1ccccn1. The van der Waals surface area contributed by atoms with Crippen molar-refractivity contribution in [3.05, 3.63) is 72.8 Å². The van der Waals surface area contributed by atoms with Crippen LogP contribution in [0.1, 0.15) is 11.4 Å².